The molecule has 2 N–H and O–H groups in total. The minimum atomic E-state index is -0.303. The Morgan fingerprint density at radius 2 is 1.32 bits per heavy atom. The van der Waals surface area contributed by atoms with E-state index in [9.17, 15) is 4.79 Å². The predicted molar refractivity (Wildman–Crippen MR) is 170 cm³/mol. The van der Waals surface area contributed by atoms with Crippen LogP contribution in [0.3, 0.4) is 0 Å². The lowest BCUT2D eigenvalue weighted by atomic mass is 10.1. The third-order valence-corrected chi connectivity index (χ3v) is 3.34. The number of rotatable bonds is 6. The van der Waals surface area contributed by atoms with E-state index >= 15 is 0 Å². The zero-order valence-corrected chi connectivity index (χ0v) is 27.8. The van der Waals surface area contributed by atoms with Crippen molar-refractivity contribution in [3.05, 3.63) is 39.9 Å². The van der Waals surface area contributed by atoms with Crippen LogP contribution >= 0.6 is 23.2 Å². The number of nitrogens with one attached hydrogen (secondary N) is 2. The van der Waals surface area contributed by atoms with Gasteiger partial charge in [0.2, 0.25) is 0 Å². The summed E-state index contributed by atoms with van der Waals surface area (Å²) >= 11 is 12.4. The molecule has 0 aliphatic rings. The van der Waals surface area contributed by atoms with Crippen molar-refractivity contribution < 1.29 is 19.1 Å². The van der Waals surface area contributed by atoms with Crippen LogP contribution in [0.25, 0.3) is 0 Å². The Kier molecular flexibility index (Phi) is 53.8. The van der Waals surface area contributed by atoms with Gasteiger partial charge < -0.3 is 25.0 Å². The van der Waals surface area contributed by atoms with E-state index in [0.29, 0.717) is 33.9 Å². The van der Waals surface area contributed by atoms with E-state index in [-0.39, 0.29) is 11.6 Å². The number of amides is 1. The van der Waals surface area contributed by atoms with Gasteiger partial charge in [-0.2, -0.15) is 0 Å². The Morgan fingerprint density at radius 3 is 1.58 bits per heavy atom. The second-order valence-electron chi connectivity index (χ2n) is 6.58. The normalized spacial score (nSPS) is 8.92. The molecule has 0 unspecified atom stereocenters. The molecule has 1 rings (SSSR count). The molecule has 0 bridgehead atoms. The lowest BCUT2D eigenvalue weighted by molar-refractivity contribution is -0.114. The number of hydrogen-bond donors (Lipinski definition) is 2. The molecule has 7 nitrogen and oxygen atoms in total. The Bertz CT molecular complexity index is 693. The molecular weight excluding hydrogens is 525 g/mol. The summed E-state index contributed by atoms with van der Waals surface area (Å²) in [4.78, 5) is 33.3. The van der Waals surface area contributed by atoms with Crippen LogP contribution in [0.1, 0.15) is 81.2 Å². The monoisotopic (exact) mass is 579 g/mol. The number of aliphatic imine (C=N–C) groups is 1. The highest BCUT2D eigenvalue weighted by Crippen LogP contribution is 2.34. The molecule has 0 saturated carbocycles. The molecule has 0 aromatic heterocycles. The Morgan fingerprint density at radius 1 is 0.974 bits per heavy atom. The first kappa shape index (κ1) is 48.8. The zero-order chi connectivity index (χ0) is 31.5. The maximum atomic E-state index is 11.8. The van der Waals surface area contributed by atoms with Gasteiger partial charge in [-0.3, -0.25) is 9.79 Å². The fourth-order valence-corrected chi connectivity index (χ4v) is 2.37. The van der Waals surface area contributed by atoms with Crippen molar-refractivity contribution in [2.75, 3.05) is 34.8 Å². The maximum absolute atomic E-state index is 11.8. The lowest BCUT2D eigenvalue weighted by Gasteiger charge is -2.11. The number of allylic oxidation sites excluding steroid dienone is 1. The molecule has 0 aliphatic carbocycles. The summed E-state index contributed by atoms with van der Waals surface area (Å²) in [7, 11) is 6.82. The van der Waals surface area contributed by atoms with E-state index in [1.165, 1.54) is 34.4 Å². The third kappa shape index (κ3) is 33.8. The quantitative estimate of drug-likeness (QED) is 0.207. The van der Waals surface area contributed by atoms with E-state index in [2.05, 4.69) is 43.3 Å². The molecule has 0 saturated heterocycles. The number of carbonyl (C=O) groups is 3. The van der Waals surface area contributed by atoms with Crippen molar-refractivity contribution >= 4 is 47.4 Å². The zero-order valence-electron chi connectivity index (χ0n) is 26.3. The predicted octanol–water partition coefficient (Wildman–Crippen LogP) is 7.46. The molecule has 1 aromatic carbocycles. The van der Waals surface area contributed by atoms with Crippen molar-refractivity contribution in [2.24, 2.45) is 10.9 Å². The van der Waals surface area contributed by atoms with Crippen LogP contribution in [-0.4, -0.2) is 59.0 Å². The van der Waals surface area contributed by atoms with Gasteiger partial charge in [0.1, 0.15) is 24.9 Å². The molecule has 1 aromatic rings. The Labute approximate surface area is 243 Å². The molecule has 0 spiro atoms. The van der Waals surface area contributed by atoms with Gasteiger partial charge in [0.25, 0.3) is 5.91 Å². The molecule has 1 amide bonds. The first-order valence-electron chi connectivity index (χ1n) is 12.9. The molecule has 0 atom stereocenters. The summed E-state index contributed by atoms with van der Waals surface area (Å²) in [5.41, 5.74) is 0.805. The second kappa shape index (κ2) is 41.9. The summed E-state index contributed by atoms with van der Waals surface area (Å²) < 4.78 is 5.58. The SMILES string of the molecule is CC.CC.CC=O.CC=O.CCC.CN=C(C(=O)NC)c1cc(Cl)c(OC/C=C/C(C)C)c(Cl)c1.CNC. The molecule has 224 valence electrons. The lowest BCUT2D eigenvalue weighted by Crippen LogP contribution is -2.28. The van der Waals surface area contributed by atoms with Crippen LogP contribution in [0, 0.1) is 5.92 Å². The van der Waals surface area contributed by atoms with Gasteiger partial charge in [0, 0.05) is 19.7 Å². The second-order valence-corrected chi connectivity index (χ2v) is 7.40. The molecule has 0 heterocycles. The van der Waals surface area contributed by atoms with Gasteiger partial charge in [0.05, 0.1) is 10.0 Å². The van der Waals surface area contributed by atoms with Crippen LogP contribution < -0.4 is 15.4 Å². The van der Waals surface area contributed by atoms with Gasteiger partial charge >= 0.3 is 0 Å². The number of hydrogen-bond acceptors (Lipinski definition) is 6. The maximum Gasteiger partial charge on any atom is 0.269 e. The average molecular weight is 581 g/mol. The van der Waals surface area contributed by atoms with Crippen LogP contribution in [0.5, 0.6) is 5.75 Å². The van der Waals surface area contributed by atoms with Gasteiger partial charge in [0.15, 0.2) is 5.75 Å². The number of benzene rings is 1. The highest BCUT2D eigenvalue weighted by Gasteiger charge is 2.16. The van der Waals surface area contributed by atoms with Crippen molar-refractivity contribution in [2.45, 2.75) is 75.7 Å². The average Bonchev–Trinajstić information content (AvgIpc) is 2.87. The van der Waals surface area contributed by atoms with E-state index in [1.807, 2.05) is 53.9 Å². The number of nitrogens with zero attached hydrogens (tertiary/aromatic N) is 1. The summed E-state index contributed by atoms with van der Waals surface area (Å²) in [6, 6.07) is 3.24. The van der Waals surface area contributed by atoms with Gasteiger partial charge in [-0.1, -0.05) is 97.2 Å². The van der Waals surface area contributed by atoms with E-state index in [0.717, 1.165) is 12.6 Å². The molecular formula is C29H55Cl2N3O4. The topological polar surface area (TPSA) is 96.9 Å². The summed E-state index contributed by atoms with van der Waals surface area (Å²) in [6.45, 7) is 19.7. The molecule has 0 fully saturated rings. The van der Waals surface area contributed by atoms with Crippen molar-refractivity contribution in [1.29, 1.82) is 0 Å². The molecule has 9 heteroatoms. The number of ether oxygens (including phenoxy) is 1. The van der Waals surface area contributed by atoms with E-state index in [1.54, 1.807) is 12.1 Å². The van der Waals surface area contributed by atoms with Crippen LogP contribution in [0.15, 0.2) is 29.3 Å². The largest absolute Gasteiger partial charge is 0.486 e. The first-order valence-corrected chi connectivity index (χ1v) is 13.7. The van der Waals surface area contributed by atoms with Crippen LogP contribution in [0.4, 0.5) is 0 Å². The highest BCUT2D eigenvalue weighted by molar-refractivity contribution is 6.46. The van der Waals surface area contributed by atoms with Gasteiger partial charge in [-0.05, 0) is 46.0 Å². The van der Waals surface area contributed by atoms with Crippen molar-refractivity contribution in [1.82, 2.24) is 10.6 Å². The fourth-order valence-electron chi connectivity index (χ4n) is 1.77. The standard InChI is InChI=1S/C16H20Cl2N2O2.C3H8.C2H7N.2C2H4O.2C2H6/c1-10(2)6-5-7-22-15-12(17)8-11(9-13(15)18)14(19-3)16(21)20-4;2*1-3-2;2*1-2-3;2*1-2/h5-6,8-10H,7H2,1-4H3,(H,20,21);3H2,1-2H3;3H,1-2H3;2*2H,1H3;2*1-2H3/b6-5+,19-14?;;;;;;. The fraction of sp³-hybridized carbons (Fsp3) is 0.586. The summed E-state index contributed by atoms with van der Waals surface area (Å²) in [6.07, 6.45) is 6.69. The third-order valence-electron chi connectivity index (χ3n) is 2.78. The Hall–Kier alpha value is -2.22. The van der Waals surface area contributed by atoms with E-state index < -0.39 is 0 Å². The van der Waals surface area contributed by atoms with E-state index in [4.69, 9.17) is 37.5 Å². The highest BCUT2D eigenvalue weighted by atomic mass is 35.5. The minimum Gasteiger partial charge on any atom is -0.486 e. The summed E-state index contributed by atoms with van der Waals surface area (Å²) in [5, 5.41) is 5.95. The summed E-state index contributed by atoms with van der Waals surface area (Å²) in [5.74, 6) is 0.545. The molecule has 38 heavy (non-hydrogen) atoms. The van der Waals surface area contributed by atoms with Crippen LogP contribution in [0.2, 0.25) is 10.0 Å². The first-order chi connectivity index (χ1) is 18.1. The Balaban J connectivity index is -0.000000133. The smallest absolute Gasteiger partial charge is 0.269 e. The van der Waals surface area contributed by atoms with Crippen molar-refractivity contribution in [3.8, 4) is 5.75 Å². The minimum absolute atomic E-state index is 0.262. The number of halogens is 2. The van der Waals surface area contributed by atoms with Crippen LogP contribution in [-0.2, 0) is 14.4 Å². The number of likely N-dealkylation sites (N-methyl/N-ethyl adjacent to an activating group) is 1. The number of aldehydes is 2. The van der Waals surface area contributed by atoms with Gasteiger partial charge in [-0.25, -0.2) is 0 Å². The van der Waals surface area contributed by atoms with Gasteiger partial charge in [-0.15, -0.1) is 0 Å². The molecule has 0 aliphatic heterocycles. The number of carbonyl (C=O) groups excluding carboxylic acids is 3. The molecule has 0 radical (unpaired) electrons. The van der Waals surface area contributed by atoms with Crippen molar-refractivity contribution in [3.63, 3.8) is 0 Å².